The molecule has 0 amide bonds. The Morgan fingerprint density at radius 2 is 1.69 bits per heavy atom. The Morgan fingerprint density at radius 3 is 2.28 bits per heavy atom. The molecule has 2 aromatic carbocycles. The fourth-order valence-electron chi connectivity index (χ4n) is 3.61. The molecule has 2 aromatic rings. The second-order valence-electron chi connectivity index (χ2n) is 8.44. The number of rotatable bonds is 13. The van der Waals surface area contributed by atoms with Crippen LogP contribution in [0, 0.1) is 12.8 Å². The van der Waals surface area contributed by atoms with E-state index in [1.54, 1.807) is 11.8 Å². The van der Waals surface area contributed by atoms with E-state index in [1.807, 2.05) is 31.2 Å². The van der Waals surface area contributed by atoms with E-state index < -0.39 is 23.7 Å². The monoisotopic (exact) mass is 542 g/mol. The number of hydrogen-bond donors (Lipinski definition) is 2. The van der Waals surface area contributed by atoms with Crippen LogP contribution in [0.2, 0.25) is 0 Å². The smallest absolute Gasteiger partial charge is 0.393 e. The molecule has 1 atom stereocenters. The summed E-state index contributed by atoms with van der Waals surface area (Å²) in [6, 6.07) is 10.8. The fraction of sp³-hybridized carbons (Fsp3) is 0.462. The van der Waals surface area contributed by atoms with Gasteiger partial charge in [-0.1, -0.05) is 25.1 Å². The Kier molecular flexibility index (Phi) is 12.3. The van der Waals surface area contributed by atoms with E-state index in [9.17, 15) is 22.8 Å². The van der Waals surface area contributed by atoms with Gasteiger partial charge < -0.3 is 16.2 Å². The van der Waals surface area contributed by atoms with Crippen molar-refractivity contribution < 1.29 is 27.5 Å². The number of esters is 2. The number of carbonyl (C=O) groups is 2. The summed E-state index contributed by atoms with van der Waals surface area (Å²) in [5, 5.41) is 0. The zero-order valence-corrected chi connectivity index (χ0v) is 22.2. The first-order valence-electron chi connectivity index (χ1n) is 11.8. The Bertz CT molecular complexity index is 1010. The number of halogens is 3. The molecule has 10 heteroatoms. The van der Waals surface area contributed by atoms with Crippen molar-refractivity contribution in [3.63, 3.8) is 0 Å². The second kappa shape index (κ2) is 14.7. The number of hydrogen-bond acceptors (Lipinski definition) is 7. The van der Waals surface area contributed by atoms with Gasteiger partial charge in [-0.15, -0.1) is 11.8 Å². The maximum absolute atomic E-state index is 13.3. The molecule has 4 N–H and O–H groups in total. The van der Waals surface area contributed by atoms with E-state index in [2.05, 4.69) is 0 Å². The Balaban J connectivity index is 1.88. The van der Waals surface area contributed by atoms with Crippen LogP contribution in [-0.4, -0.2) is 24.2 Å². The molecular formula is C26H33F3N2O3S2. The SMILES string of the molecule is CCCCC(=O)OC(=O)CC(CN)CCSc1ccc(Sc2cc(C)c(C(F)(F)F)c(CN)c2)cc1. The third-order valence-electron chi connectivity index (χ3n) is 5.50. The van der Waals surface area contributed by atoms with Gasteiger partial charge >= 0.3 is 18.1 Å². The zero-order chi connectivity index (χ0) is 26.7. The molecule has 0 spiro atoms. The van der Waals surface area contributed by atoms with Crippen LogP contribution >= 0.6 is 23.5 Å². The minimum atomic E-state index is -4.43. The predicted octanol–water partition coefficient (Wildman–Crippen LogP) is 6.33. The van der Waals surface area contributed by atoms with Crippen molar-refractivity contribution in [2.24, 2.45) is 17.4 Å². The van der Waals surface area contributed by atoms with Crippen LogP contribution in [0.4, 0.5) is 13.2 Å². The van der Waals surface area contributed by atoms with Crippen molar-refractivity contribution in [3.05, 3.63) is 53.1 Å². The summed E-state index contributed by atoms with van der Waals surface area (Å²) in [5.74, 6) is -0.355. The van der Waals surface area contributed by atoms with E-state index in [0.29, 0.717) is 24.3 Å². The summed E-state index contributed by atoms with van der Waals surface area (Å²) >= 11 is 3.00. The van der Waals surface area contributed by atoms with Gasteiger partial charge in [-0.25, -0.2) is 0 Å². The number of unbranched alkanes of at least 4 members (excludes halogenated alkanes) is 1. The van der Waals surface area contributed by atoms with Crippen molar-refractivity contribution in [1.82, 2.24) is 0 Å². The molecule has 0 aliphatic rings. The molecule has 36 heavy (non-hydrogen) atoms. The minimum Gasteiger partial charge on any atom is -0.393 e. The van der Waals surface area contributed by atoms with E-state index >= 15 is 0 Å². The van der Waals surface area contributed by atoms with Gasteiger partial charge in [-0.2, -0.15) is 13.2 Å². The van der Waals surface area contributed by atoms with Crippen molar-refractivity contribution in [3.8, 4) is 0 Å². The maximum Gasteiger partial charge on any atom is 0.416 e. The molecule has 5 nitrogen and oxygen atoms in total. The molecule has 0 aromatic heterocycles. The van der Waals surface area contributed by atoms with Crippen molar-refractivity contribution >= 4 is 35.5 Å². The van der Waals surface area contributed by atoms with Crippen LogP contribution in [0.3, 0.4) is 0 Å². The van der Waals surface area contributed by atoms with Crippen molar-refractivity contribution in [2.45, 2.75) is 73.4 Å². The van der Waals surface area contributed by atoms with Crippen LogP contribution in [0.1, 0.15) is 55.7 Å². The summed E-state index contributed by atoms with van der Waals surface area (Å²) in [6.45, 7) is 3.55. The summed E-state index contributed by atoms with van der Waals surface area (Å²) in [4.78, 5) is 26.2. The highest BCUT2D eigenvalue weighted by Crippen LogP contribution is 2.38. The topological polar surface area (TPSA) is 95.4 Å². The molecule has 2 rings (SSSR count). The average molecular weight is 543 g/mol. The third kappa shape index (κ3) is 9.80. The lowest BCUT2D eigenvalue weighted by Crippen LogP contribution is -2.22. The Hall–Kier alpha value is -2.01. The largest absolute Gasteiger partial charge is 0.416 e. The van der Waals surface area contributed by atoms with Crippen LogP contribution < -0.4 is 11.5 Å². The second-order valence-corrected chi connectivity index (χ2v) is 10.8. The Morgan fingerprint density at radius 1 is 1.03 bits per heavy atom. The summed E-state index contributed by atoms with van der Waals surface area (Å²) in [7, 11) is 0. The molecule has 0 fully saturated rings. The van der Waals surface area contributed by atoms with Crippen LogP contribution in [0.25, 0.3) is 0 Å². The molecule has 0 saturated carbocycles. The molecule has 0 bridgehead atoms. The van der Waals surface area contributed by atoms with Gasteiger partial charge in [0.2, 0.25) is 0 Å². The lowest BCUT2D eigenvalue weighted by Gasteiger charge is -2.16. The van der Waals surface area contributed by atoms with E-state index in [-0.39, 0.29) is 36.4 Å². The van der Waals surface area contributed by atoms with Gasteiger partial charge in [0.1, 0.15) is 0 Å². The predicted molar refractivity (Wildman–Crippen MR) is 138 cm³/mol. The highest BCUT2D eigenvalue weighted by atomic mass is 32.2. The van der Waals surface area contributed by atoms with E-state index in [0.717, 1.165) is 22.0 Å². The molecule has 0 saturated heterocycles. The molecule has 198 valence electrons. The lowest BCUT2D eigenvalue weighted by atomic mass is 10.0. The molecule has 0 aliphatic carbocycles. The standard InChI is InChI=1S/C26H33F3N2O3S2/c1-3-4-5-23(32)34-24(33)13-18(15-30)10-11-35-20-6-8-21(9-7-20)36-22-12-17(2)25(26(27,28)29)19(14-22)16-31/h6-9,12,14,18H,3-5,10-11,13,15-16,30-31H2,1-2H3. The molecule has 1 unspecified atom stereocenters. The van der Waals surface area contributed by atoms with Crippen molar-refractivity contribution in [1.29, 1.82) is 0 Å². The van der Waals surface area contributed by atoms with Gasteiger partial charge in [0.25, 0.3) is 0 Å². The van der Waals surface area contributed by atoms with Crippen LogP contribution in [0.5, 0.6) is 0 Å². The van der Waals surface area contributed by atoms with Gasteiger partial charge in [0.15, 0.2) is 0 Å². The molecule has 0 aliphatic heterocycles. The number of thioether (sulfide) groups is 1. The highest BCUT2D eigenvalue weighted by molar-refractivity contribution is 7.99. The number of nitrogens with two attached hydrogens (primary N) is 2. The fourth-order valence-corrected chi connectivity index (χ4v) is 5.61. The first kappa shape index (κ1) is 30.2. The first-order valence-corrected chi connectivity index (χ1v) is 13.6. The molecule has 0 radical (unpaired) electrons. The number of carbonyl (C=O) groups excluding carboxylic acids is 2. The summed E-state index contributed by atoms with van der Waals surface area (Å²) in [6.07, 6.45) is -1.83. The van der Waals surface area contributed by atoms with Gasteiger partial charge in [-0.05, 0) is 85.5 Å². The maximum atomic E-state index is 13.3. The minimum absolute atomic E-state index is 0.0709. The van der Waals surface area contributed by atoms with Crippen LogP contribution in [0.15, 0.2) is 51.1 Å². The lowest BCUT2D eigenvalue weighted by molar-refractivity contribution is -0.160. The first-order chi connectivity index (χ1) is 17.1. The number of ether oxygens (including phenoxy) is 1. The highest BCUT2D eigenvalue weighted by Gasteiger charge is 2.35. The average Bonchev–Trinajstić information content (AvgIpc) is 2.81. The normalized spacial score (nSPS) is 12.4. The number of alkyl halides is 3. The van der Waals surface area contributed by atoms with Crippen molar-refractivity contribution in [2.75, 3.05) is 12.3 Å². The zero-order valence-electron chi connectivity index (χ0n) is 20.5. The third-order valence-corrected chi connectivity index (χ3v) is 7.52. The van der Waals surface area contributed by atoms with E-state index in [4.69, 9.17) is 16.2 Å². The number of benzene rings is 2. The molecule has 0 heterocycles. The Labute approximate surface area is 218 Å². The van der Waals surface area contributed by atoms with Crippen LogP contribution in [-0.2, 0) is 27.0 Å². The van der Waals surface area contributed by atoms with Gasteiger partial charge in [-0.3, -0.25) is 9.59 Å². The summed E-state index contributed by atoms with van der Waals surface area (Å²) in [5.41, 5.74) is 11.0. The van der Waals surface area contributed by atoms with Gasteiger partial charge in [0.05, 0.1) is 12.0 Å². The summed E-state index contributed by atoms with van der Waals surface area (Å²) < 4.78 is 44.8. The van der Waals surface area contributed by atoms with Gasteiger partial charge in [0, 0.05) is 27.7 Å². The number of aryl methyl sites for hydroxylation is 1. The quantitative estimate of drug-likeness (QED) is 0.173. The van der Waals surface area contributed by atoms with E-state index in [1.165, 1.54) is 30.8 Å². The molecular weight excluding hydrogens is 509 g/mol.